The fraction of sp³-hybridized carbons (Fsp3) is 0. The van der Waals surface area contributed by atoms with E-state index in [-0.39, 0.29) is 5.56 Å². The normalized spacial score (nSPS) is 9.08. The predicted octanol–water partition coefficient (Wildman–Crippen LogP) is 0.538. The third-order valence-corrected chi connectivity index (χ3v) is 1.31. The van der Waals surface area contributed by atoms with Gasteiger partial charge in [0.1, 0.15) is 0 Å². The maximum absolute atomic E-state index is 10.9. The second-order valence-electron chi connectivity index (χ2n) is 1.98. The van der Waals surface area contributed by atoms with Gasteiger partial charge in [-0.1, -0.05) is 0 Å². The standard InChI is InChI=1S/C6H7N5O/c7-10-5-3-9-2-1-4(5)6(12)11-8/h1-3,8,10H,7H2. The summed E-state index contributed by atoms with van der Waals surface area (Å²) in [6.45, 7) is 0. The van der Waals surface area contributed by atoms with Gasteiger partial charge in [0, 0.05) is 6.20 Å². The summed E-state index contributed by atoms with van der Waals surface area (Å²) in [4.78, 5) is 14.7. The molecule has 0 unspecified atom stereocenters. The van der Waals surface area contributed by atoms with Gasteiger partial charge in [-0.25, -0.2) is 5.53 Å². The predicted molar refractivity (Wildman–Crippen MR) is 41.5 cm³/mol. The van der Waals surface area contributed by atoms with Gasteiger partial charge in [0.25, 0.3) is 5.91 Å². The summed E-state index contributed by atoms with van der Waals surface area (Å²) in [5.74, 6) is 4.45. The molecule has 6 heteroatoms. The van der Waals surface area contributed by atoms with Gasteiger partial charge in [0.05, 0.1) is 17.4 Å². The van der Waals surface area contributed by atoms with Crippen LogP contribution in [0.4, 0.5) is 5.69 Å². The summed E-state index contributed by atoms with van der Waals surface area (Å²) in [5.41, 5.74) is 9.39. The summed E-state index contributed by atoms with van der Waals surface area (Å²) < 4.78 is 0. The molecule has 0 bridgehead atoms. The Labute approximate surface area is 68.3 Å². The molecule has 0 aliphatic rings. The lowest BCUT2D eigenvalue weighted by Crippen LogP contribution is -2.11. The van der Waals surface area contributed by atoms with Gasteiger partial charge in [-0.3, -0.25) is 15.6 Å². The lowest BCUT2D eigenvalue weighted by Gasteiger charge is -2.01. The number of nitrogens with zero attached hydrogens (tertiary/aromatic N) is 2. The van der Waals surface area contributed by atoms with Crippen molar-refractivity contribution < 1.29 is 4.79 Å². The summed E-state index contributed by atoms with van der Waals surface area (Å²) in [7, 11) is 0. The number of nitrogen functional groups attached to an aromatic ring is 1. The van der Waals surface area contributed by atoms with Crippen molar-refractivity contribution in [2.24, 2.45) is 11.0 Å². The maximum atomic E-state index is 10.9. The summed E-state index contributed by atoms with van der Waals surface area (Å²) >= 11 is 0. The van der Waals surface area contributed by atoms with Crippen LogP contribution in [0.2, 0.25) is 0 Å². The van der Waals surface area contributed by atoms with Crippen molar-refractivity contribution in [2.75, 3.05) is 5.43 Å². The number of anilines is 1. The van der Waals surface area contributed by atoms with E-state index in [0.29, 0.717) is 5.69 Å². The molecule has 0 radical (unpaired) electrons. The van der Waals surface area contributed by atoms with E-state index >= 15 is 0 Å². The Kier molecular flexibility index (Phi) is 2.44. The number of amides is 1. The van der Waals surface area contributed by atoms with Crippen molar-refractivity contribution in [3.05, 3.63) is 24.0 Å². The zero-order chi connectivity index (χ0) is 8.97. The quantitative estimate of drug-likeness (QED) is 0.338. The van der Waals surface area contributed by atoms with E-state index in [0.717, 1.165) is 0 Å². The molecule has 0 saturated heterocycles. The van der Waals surface area contributed by atoms with Crippen LogP contribution in [0.3, 0.4) is 0 Å². The number of nitrogens with one attached hydrogen (secondary N) is 2. The average Bonchev–Trinajstić information content (AvgIpc) is 2.16. The number of aromatic nitrogens is 1. The minimum Gasteiger partial charge on any atom is -0.322 e. The number of rotatable bonds is 2. The van der Waals surface area contributed by atoms with Crippen LogP contribution in [0.5, 0.6) is 0 Å². The minimum atomic E-state index is -0.648. The van der Waals surface area contributed by atoms with Gasteiger partial charge < -0.3 is 5.43 Å². The highest BCUT2D eigenvalue weighted by Crippen LogP contribution is 2.12. The first-order valence-electron chi connectivity index (χ1n) is 3.12. The molecule has 1 rings (SSSR count). The van der Waals surface area contributed by atoms with Crippen LogP contribution >= 0.6 is 0 Å². The zero-order valence-electron chi connectivity index (χ0n) is 6.11. The van der Waals surface area contributed by atoms with Gasteiger partial charge in [-0.2, -0.15) is 0 Å². The number of pyridine rings is 1. The van der Waals surface area contributed by atoms with E-state index in [9.17, 15) is 4.79 Å². The largest absolute Gasteiger partial charge is 0.322 e. The first-order valence-corrected chi connectivity index (χ1v) is 3.12. The molecule has 0 fully saturated rings. The van der Waals surface area contributed by atoms with Crippen molar-refractivity contribution in [1.29, 1.82) is 5.53 Å². The van der Waals surface area contributed by atoms with Crippen LogP contribution in [0.25, 0.3) is 0 Å². The lowest BCUT2D eigenvalue weighted by atomic mass is 10.2. The van der Waals surface area contributed by atoms with E-state index in [1.807, 2.05) is 0 Å². The molecule has 4 N–H and O–H groups in total. The first-order chi connectivity index (χ1) is 5.79. The van der Waals surface area contributed by atoms with Gasteiger partial charge >= 0.3 is 0 Å². The molecule has 1 heterocycles. The Morgan fingerprint density at radius 3 is 3.08 bits per heavy atom. The molecular weight excluding hydrogens is 158 g/mol. The summed E-state index contributed by atoms with van der Waals surface area (Å²) in [6.07, 6.45) is 2.82. The molecule has 1 aromatic rings. The smallest absolute Gasteiger partial charge is 0.297 e. The molecule has 0 aromatic carbocycles. The van der Waals surface area contributed by atoms with Crippen LogP contribution in [0, 0.1) is 5.53 Å². The van der Waals surface area contributed by atoms with Crippen molar-refractivity contribution in [3.63, 3.8) is 0 Å². The van der Waals surface area contributed by atoms with Crippen LogP contribution in [0.1, 0.15) is 10.4 Å². The molecule has 0 saturated carbocycles. The van der Waals surface area contributed by atoms with E-state index in [4.69, 9.17) is 11.4 Å². The Balaban J connectivity index is 3.13. The van der Waals surface area contributed by atoms with Crippen LogP contribution < -0.4 is 11.3 Å². The Hall–Kier alpha value is -1.82. The van der Waals surface area contributed by atoms with E-state index < -0.39 is 5.91 Å². The molecule has 6 nitrogen and oxygen atoms in total. The topological polar surface area (TPSA) is 104 Å². The number of carbonyl (C=O) groups excluding carboxylic acids is 1. The number of hydrazine groups is 1. The molecule has 62 valence electrons. The number of carbonyl (C=O) groups is 1. The highest BCUT2D eigenvalue weighted by Gasteiger charge is 2.08. The molecule has 1 aromatic heterocycles. The second kappa shape index (κ2) is 3.54. The summed E-state index contributed by atoms with van der Waals surface area (Å²) in [5, 5.41) is 2.76. The van der Waals surface area contributed by atoms with Crippen LogP contribution in [0.15, 0.2) is 23.6 Å². The molecule has 0 aliphatic carbocycles. The Morgan fingerprint density at radius 2 is 2.50 bits per heavy atom. The molecule has 1 amide bonds. The third-order valence-electron chi connectivity index (χ3n) is 1.31. The fourth-order valence-electron chi connectivity index (χ4n) is 0.756. The van der Waals surface area contributed by atoms with Crippen molar-refractivity contribution in [1.82, 2.24) is 4.98 Å². The van der Waals surface area contributed by atoms with Gasteiger partial charge in [0.2, 0.25) is 0 Å². The third kappa shape index (κ3) is 1.43. The van der Waals surface area contributed by atoms with Crippen LogP contribution in [-0.2, 0) is 0 Å². The van der Waals surface area contributed by atoms with E-state index in [2.05, 4.69) is 15.5 Å². The monoisotopic (exact) mass is 165 g/mol. The number of hydrogen-bond donors (Lipinski definition) is 3. The zero-order valence-corrected chi connectivity index (χ0v) is 6.11. The second-order valence-corrected chi connectivity index (χ2v) is 1.98. The average molecular weight is 165 g/mol. The van der Waals surface area contributed by atoms with Crippen molar-refractivity contribution in [3.8, 4) is 0 Å². The highest BCUT2D eigenvalue weighted by molar-refractivity contribution is 5.99. The molecule has 0 aliphatic heterocycles. The SMILES string of the molecule is N=NC(=O)c1ccncc1NN. The van der Waals surface area contributed by atoms with Crippen molar-refractivity contribution >= 4 is 11.6 Å². The van der Waals surface area contributed by atoms with Gasteiger partial charge in [-0.05, 0) is 6.07 Å². The lowest BCUT2D eigenvalue weighted by molar-refractivity contribution is 0.0991. The molecule has 0 atom stereocenters. The molecule has 0 spiro atoms. The molecular formula is C6H7N5O. The minimum absolute atomic E-state index is 0.238. The van der Waals surface area contributed by atoms with E-state index in [1.54, 1.807) is 0 Å². The number of hydrogen-bond acceptors (Lipinski definition) is 5. The van der Waals surface area contributed by atoms with E-state index in [1.165, 1.54) is 18.5 Å². The van der Waals surface area contributed by atoms with Crippen molar-refractivity contribution in [2.45, 2.75) is 0 Å². The first kappa shape index (κ1) is 8.28. The van der Waals surface area contributed by atoms with Crippen LogP contribution in [-0.4, -0.2) is 10.9 Å². The Morgan fingerprint density at radius 1 is 1.75 bits per heavy atom. The molecule has 12 heavy (non-hydrogen) atoms. The fourth-order valence-corrected chi connectivity index (χ4v) is 0.756. The Bertz CT molecular complexity index is 311. The highest BCUT2D eigenvalue weighted by atomic mass is 16.1. The van der Waals surface area contributed by atoms with Gasteiger partial charge in [-0.15, -0.1) is 5.11 Å². The van der Waals surface area contributed by atoms with Gasteiger partial charge in [0.15, 0.2) is 0 Å². The maximum Gasteiger partial charge on any atom is 0.297 e. The summed E-state index contributed by atoms with van der Waals surface area (Å²) in [6, 6.07) is 1.44. The number of nitrogens with two attached hydrogens (primary N) is 1.